The SMILES string of the molecule is C=C(/C=C(\C)NCCCC)c1ccccc1O. The second-order valence-electron chi connectivity index (χ2n) is 4.15. The number of benzene rings is 1. The van der Waals surface area contributed by atoms with Crippen molar-refractivity contribution in [1.29, 1.82) is 0 Å². The summed E-state index contributed by atoms with van der Waals surface area (Å²) in [6.07, 6.45) is 4.31. The van der Waals surface area contributed by atoms with Crippen molar-refractivity contribution in [3.63, 3.8) is 0 Å². The molecule has 0 unspecified atom stereocenters. The van der Waals surface area contributed by atoms with Crippen LogP contribution < -0.4 is 5.32 Å². The molecule has 1 aromatic carbocycles. The van der Waals surface area contributed by atoms with Crippen molar-refractivity contribution >= 4 is 5.57 Å². The molecule has 0 aliphatic rings. The largest absolute Gasteiger partial charge is 0.507 e. The van der Waals surface area contributed by atoms with Gasteiger partial charge in [-0.2, -0.15) is 0 Å². The molecule has 2 nitrogen and oxygen atoms in total. The van der Waals surface area contributed by atoms with Crippen molar-refractivity contribution < 1.29 is 5.11 Å². The minimum atomic E-state index is 0.273. The lowest BCUT2D eigenvalue weighted by Crippen LogP contribution is -2.12. The Hall–Kier alpha value is -1.70. The van der Waals surface area contributed by atoms with E-state index in [-0.39, 0.29) is 5.75 Å². The average molecular weight is 231 g/mol. The first-order valence-corrected chi connectivity index (χ1v) is 6.04. The van der Waals surface area contributed by atoms with Crippen molar-refractivity contribution in [2.75, 3.05) is 6.54 Å². The summed E-state index contributed by atoms with van der Waals surface area (Å²) in [7, 11) is 0. The highest BCUT2D eigenvalue weighted by Gasteiger charge is 2.01. The molecule has 0 heterocycles. The summed E-state index contributed by atoms with van der Waals surface area (Å²) in [4.78, 5) is 0. The molecule has 2 heteroatoms. The normalized spacial score (nSPS) is 11.3. The van der Waals surface area contributed by atoms with Gasteiger partial charge in [0.25, 0.3) is 0 Å². The van der Waals surface area contributed by atoms with Gasteiger partial charge in [-0.05, 0) is 31.1 Å². The zero-order chi connectivity index (χ0) is 12.7. The quantitative estimate of drug-likeness (QED) is 0.578. The molecule has 0 spiro atoms. The van der Waals surface area contributed by atoms with E-state index >= 15 is 0 Å². The van der Waals surface area contributed by atoms with Crippen molar-refractivity contribution in [3.05, 3.63) is 48.2 Å². The highest BCUT2D eigenvalue weighted by atomic mass is 16.3. The average Bonchev–Trinajstić information content (AvgIpc) is 2.29. The predicted molar refractivity (Wildman–Crippen MR) is 73.8 cm³/mol. The van der Waals surface area contributed by atoms with E-state index in [2.05, 4.69) is 18.8 Å². The minimum Gasteiger partial charge on any atom is -0.507 e. The number of aromatic hydroxyl groups is 1. The highest BCUT2D eigenvalue weighted by Crippen LogP contribution is 2.24. The van der Waals surface area contributed by atoms with E-state index in [4.69, 9.17) is 0 Å². The topological polar surface area (TPSA) is 32.3 Å². The van der Waals surface area contributed by atoms with Crippen LogP contribution in [-0.4, -0.2) is 11.7 Å². The number of unbranched alkanes of at least 4 members (excludes halogenated alkanes) is 1. The van der Waals surface area contributed by atoms with E-state index in [1.54, 1.807) is 6.07 Å². The van der Waals surface area contributed by atoms with Gasteiger partial charge in [0.2, 0.25) is 0 Å². The molecule has 0 fully saturated rings. The van der Waals surface area contributed by atoms with Crippen LogP contribution in [-0.2, 0) is 0 Å². The number of allylic oxidation sites excluding steroid dienone is 3. The van der Waals surface area contributed by atoms with Crippen LogP contribution in [0, 0.1) is 0 Å². The Morgan fingerprint density at radius 3 is 2.76 bits per heavy atom. The smallest absolute Gasteiger partial charge is 0.123 e. The Kier molecular flexibility index (Phi) is 5.34. The van der Waals surface area contributed by atoms with Gasteiger partial charge in [-0.25, -0.2) is 0 Å². The molecule has 2 N–H and O–H groups in total. The van der Waals surface area contributed by atoms with Crippen LogP contribution in [0.1, 0.15) is 32.3 Å². The fraction of sp³-hybridized carbons (Fsp3) is 0.333. The van der Waals surface area contributed by atoms with Gasteiger partial charge in [-0.15, -0.1) is 0 Å². The first kappa shape index (κ1) is 13.4. The summed E-state index contributed by atoms with van der Waals surface area (Å²) in [5, 5.41) is 13.0. The molecule has 0 atom stereocenters. The lowest BCUT2D eigenvalue weighted by atomic mass is 10.1. The molecular weight excluding hydrogens is 210 g/mol. The summed E-state index contributed by atoms with van der Waals surface area (Å²) >= 11 is 0. The lowest BCUT2D eigenvalue weighted by Gasteiger charge is -2.08. The molecule has 92 valence electrons. The van der Waals surface area contributed by atoms with Crippen molar-refractivity contribution in [2.45, 2.75) is 26.7 Å². The van der Waals surface area contributed by atoms with Crippen LogP contribution in [0.3, 0.4) is 0 Å². The van der Waals surface area contributed by atoms with Crippen molar-refractivity contribution in [2.24, 2.45) is 0 Å². The van der Waals surface area contributed by atoms with Gasteiger partial charge in [-0.1, -0.05) is 38.1 Å². The molecule has 17 heavy (non-hydrogen) atoms. The number of hydrogen-bond donors (Lipinski definition) is 2. The maximum Gasteiger partial charge on any atom is 0.123 e. The Morgan fingerprint density at radius 1 is 1.41 bits per heavy atom. The summed E-state index contributed by atoms with van der Waals surface area (Å²) in [6, 6.07) is 7.25. The third-order valence-corrected chi connectivity index (χ3v) is 2.57. The van der Waals surface area contributed by atoms with Gasteiger partial charge >= 0.3 is 0 Å². The summed E-state index contributed by atoms with van der Waals surface area (Å²) in [6.45, 7) is 9.14. The maximum atomic E-state index is 9.70. The fourth-order valence-electron chi connectivity index (χ4n) is 1.60. The van der Waals surface area contributed by atoms with Crippen LogP contribution >= 0.6 is 0 Å². The highest BCUT2D eigenvalue weighted by molar-refractivity contribution is 5.76. The number of nitrogens with one attached hydrogen (secondary N) is 1. The lowest BCUT2D eigenvalue weighted by molar-refractivity contribution is 0.474. The van der Waals surface area contributed by atoms with Gasteiger partial charge in [0.05, 0.1) is 0 Å². The van der Waals surface area contributed by atoms with Gasteiger partial charge in [-0.3, -0.25) is 0 Å². The Morgan fingerprint density at radius 2 is 2.12 bits per heavy atom. The number of phenols is 1. The second-order valence-corrected chi connectivity index (χ2v) is 4.15. The van der Waals surface area contributed by atoms with E-state index in [9.17, 15) is 5.11 Å². The monoisotopic (exact) mass is 231 g/mol. The van der Waals surface area contributed by atoms with Crippen molar-refractivity contribution in [3.8, 4) is 5.75 Å². The van der Waals surface area contributed by atoms with E-state index < -0.39 is 0 Å². The van der Waals surface area contributed by atoms with Crippen LogP contribution in [0.5, 0.6) is 5.75 Å². The molecule has 0 bridgehead atoms. The second kappa shape index (κ2) is 6.79. The van der Waals surface area contributed by atoms with Crippen LogP contribution in [0.2, 0.25) is 0 Å². The number of para-hydroxylation sites is 1. The third-order valence-electron chi connectivity index (χ3n) is 2.57. The van der Waals surface area contributed by atoms with Gasteiger partial charge in [0, 0.05) is 17.8 Å². The van der Waals surface area contributed by atoms with E-state index in [1.165, 1.54) is 6.42 Å². The van der Waals surface area contributed by atoms with Gasteiger partial charge in [0.1, 0.15) is 5.75 Å². The molecular formula is C15H21NO. The summed E-state index contributed by atoms with van der Waals surface area (Å²) < 4.78 is 0. The Labute approximate surface area is 104 Å². The molecule has 0 aliphatic carbocycles. The third kappa shape index (κ3) is 4.35. The molecule has 0 aliphatic heterocycles. The maximum absolute atomic E-state index is 9.70. The van der Waals surface area contributed by atoms with Gasteiger partial charge in [0.15, 0.2) is 0 Å². The predicted octanol–water partition coefficient (Wildman–Crippen LogP) is 3.70. The molecule has 0 amide bonds. The van der Waals surface area contributed by atoms with Crippen molar-refractivity contribution in [1.82, 2.24) is 5.32 Å². The zero-order valence-corrected chi connectivity index (χ0v) is 10.7. The van der Waals surface area contributed by atoms with Crippen LogP contribution in [0.4, 0.5) is 0 Å². The zero-order valence-electron chi connectivity index (χ0n) is 10.7. The Balaban J connectivity index is 2.65. The summed E-state index contributed by atoms with van der Waals surface area (Å²) in [5.41, 5.74) is 2.68. The fourth-order valence-corrected chi connectivity index (χ4v) is 1.60. The van der Waals surface area contributed by atoms with E-state index in [0.717, 1.165) is 29.8 Å². The van der Waals surface area contributed by atoms with E-state index in [0.29, 0.717) is 0 Å². The molecule has 0 aromatic heterocycles. The molecule has 0 radical (unpaired) electrons. The molecule has 0 saturated carbocycles. The first-order chi connectivity index (χ1) is 8.15. The van der Waals surface area contributed by atoms with E-state index in [1.807, 2.05) is 31.2 Å². The van der Waals surface area contributed by atoms with Gasteiger partial charge < -0.3 is 10.4 Å². The standard InChI is InChI=1S/C15H21NO/c1-4-5-10-16-13(3)11-12(2)14-8-6-7-9-15(14)17/h6-9,11,16-17H,2,4-5,10H2,1,3H3/b13-11+. The van der Waals surface area contributed by atoms with Crippen LogP contribution in [0.25, 0.3) is 5.57 Å². The first-order valence-electron chi connectivity index (χ1n) is 6.04. The van der Waals surface area contributed by atoms with Crippen LogP contribution in [0.15, 0.2) is 42.6 Å². The molecule has 1 rings (SSSR count). The molecule has 1 aromatic rings. The summed E-state index contributed by atoms with van der Waals surface area (Å²) in [5.74, 6) is 0.273. The Bertz CT molecular complexity index is 407. The number of rotatable bonds is 6. The minimum absolute atomic E-state index is 0.273. The number of phenolic OH excluding ortho intramolecular Hbond substituents is 1. The molecule has 0 saturated heterocycles. The number of hydrogen-bond acceptors (Lipinski definition) is 2.